The molecule has 0 bridgehead atoms. The summed E-state index contributed by atoms with van der Waals surface area (Å²) in [5, 5.41) is 0. The van der Waals surface area contributed by atoms with Gasteiger partial charge in [-0.3, -0.25) is 0 Å². The summed E-state index contributed by atoms with van der Waals surface area (Å²) >= 11 is 0. The zero-order valence-corrected chi connectivity index (χ0v) is 10.3. The summed E-state index contributed by atoms with van der Waals surface area (Å²) < 4.78 is 31.1. The minimum Gasteiger partial charge on any atom is -0.490 e. The maximum atomic E-state index is 13.1. The molecule has 0 aliphatic carbocycles. The fourth-order valence-electron chi connectivity index (χ4n) is 1.61. The largest absolute Gasteiger partial charge is 0.490 e. The van der Waals surface area contributed by atoms with E-state index in [-0.39, 0.29) is 5.75 Å². The SMILES string of the molecule is CCCCCCCCOc1cc[c]c(F)c1F. The third-order valence-corrected chi connectivity index (χ3v) is 2.61. The maximum absolute atomic E-state index is 13.1. The Balaban J connectivity index is 2.16. The van der Waals surface area contributed by atoms with Crippen LogP contribution in [0.5, 0.6) is 5.75 Å². The molecule has 0 saturated heterocycles. The Morgan fingerprint density at radius 2 is 1.82 bits per heavy atom. The van der Waals surface area contributed by atoms with Gasteiger partial charge in [0.25, 0.3) is 0 Å². The average molecular weight is 241 g/mol. The van der Waals surface area contributed by atoms with Gasteiger partial charge in [0.2, 0.25) is 5.82 Å². The van der Waals surface area contributed by atoms with E-state index in [1.165, 1.54) is 37.8 Å². The van der Waals surface area contributed by atoms with E-state index < -0.39 is 11.6 Å². The van der Waals surface area contributed by atoms with Gasteiger partial charge in [0, 0.05) is 6.07 Å². The van der Waals surface area contributed by atoms with Gasteiger partial charge in [-0.05, 0) is 18.6 Å². The highest BCUT2D eigenvalue weighted by Gasteiger charge is 2.08. The van der Waals surface area contributed by atoms with Gasteiger partial charge in [0.15, 0.2) is 11.6 Å². The van der Waals surface area contributed by atoms with Crippen LogP contribution in [0.4, 0.5) is 8.78 Å². The minimum absolute atomic E-state index is 0.0187. The lowest BCUT2D eigenvalue weighted by Gasteiger charge is -2.07. The van der Waals surface area contributed by atoms with Crippen molar-refractivity contribution in [3.8, 4) is 5.75 Å². The highest BCUT2D eigenvalue weighted by molar-refractivity contribution is 5.24. The van der Waals surface area contributed by atoms with Crippen LogP contribution in [0.3, 0.4) is 0 Å². The molecule has 0 N–H and O–H groups in total. The van der Waals surface area contributed by atoms with Gasteiger partial charge < -0.3 is 4.74 Å². The molecule has 0 unspecified atom stereocenters. The summed E-state index contributed by atoms with van der Waals surface area (Å²) in [6, 6.07) is 4.87. The molecule has 0 heterocycles. The molecular formula is C14H19F2O. The monoisotopic (exact) mass is 241 g/mol. The first-order valence-electron chi connectivity index (χ1n) is 6.24. The number of halogens is 2. The molecule has 0 aromatic heterocycles. The Morgan fingerprint density at radius 1 is 1.12 bits per heavy atom. The average Bonchev–Trinajstić information content (AvgIpc) is 2.33. The van der Waals surface area contributed by atoms with Crippen molar-refractivity contribution in [2.45, 2.75) is 45.4 Å². The first-order chi connectivity index (χ1) is 8.25. The Hall–Kier alpha value is -1.12. The van der Waals surface area contributed by atoms with E-state index in [4.69, 9.17) is 4.74 Å². The Bertz CT molecular complexity index is 326. The van der Waals surface area contributed by atoms with Crippen LogP contribution in [0.25, 0.3) is 0 Å². The first-order valence-corrected chi connectivity index (χ1v) is 6.24. The van der Waals surface area contributed by atoms with Crippen molar-refractivity contribution >= 4 is 0 Å². The van der Waals surface area contributed by atoms with E-state index in [9.17, 15) is 8.78 Å². The third kappa shape index (κ3) is 5.16. The molecule has 1 aromatic rings. The lowest BCUT2D eigenvalue weighted by atomic mass is 10.1. The van der Waals surface area contributed by atoms with Crippen molar-refractivity contribution in [3.63, 3.8) is 0 Å². The lowest BCUT2D eigenvalue weighted by Crippen LogP contribution is -2.00. The van der Waals surface area contributed by atoms with E-state index in [1.807, 2.05) is 0 Å². The highest BCUT2D eigenvalue weighted by atomic mass is 19.2. The number of ether oxygens (including phenoxy) is 1. The molecule has 0 atom stereocenters. The Labute approximate surface area is 102 Å². The first kappa shape index (κ1) is 13.9. The molecule has 17 heavy (non-hydrogen) atoms. The lowest BCUT2D eigenvalue weighted by molar-refractivity contribution is 0.284. The number of hydrogen-bond donors (Lipinski definition) is 0. The van der Waals surface area contributed by atoms with Gasteiger partial charge in [0.05, 0.1) is 6.61 Å². The molecular weight excluding hydrogens is 222 g/mol. The molecule has 0 amide bonds. The summed E-state index contributed by atoms with van der Waals surface area (Å²) in [6.45, 7) is 2.61. The molecule has 1 rings (SSSR count). The third-order valence-electron chi connectivity index (χ3n) is 2.61. The topological polar surface area (TPSA) is 9.23 Å². The van der Waals surface area contributed by atoms with Crippen LogP contribution >= 0.6 is 0 Å². The number of rotatable bonds is 8. The predicted molar refractivity (Wildman–Crippen MR) is 64.1 cm³/mol. The molecule has 0 aliphatic rings. The van der Waals surface area contributed by atoms with E-state index >= 15 is 0 Å². The second-order valence-corrected chi connectivity index (χ2v) is 4.09. The second kappa shape index (κ2) is 8.04. The number of benzene rings is 1. The van der Waals surface area contributed by atoms with E-state index in [0.717, 1.165) is 12.8 Å². The predicted octanol–water partition coefficient (Wildman–Crippen LogP) is 4.50. The van der Waals surface area contributed by atoms with Gasteiger partial charge in [-0.1, -0.05) is 39.0 Å². The quantitative estimate of drug-likeness (QED) is 0.609. The number of hydrogen-bond acceptors (Lipinski definition) is 1. The summed E-state index contributed by atoms with van der Waals surface area (Å²) in [7, 11) is 0. The number of unbranched alkanes of at least 4 members (excludes halogenated alkanes) is 5. The van der Waals surface area contributed by atoms with Crippen molar-refractivity contribution in [1.82, 2.24) is 0 Å². The van der Waals surface area contributed by atoms with Gasteiger partial charge in [-0.15, -0.1) is 0 Å². The molecule has 3 heteroatoms. The van der Waals surface area contributed by atoms with Crippen LogP contribution in [0, 0.1) is 17.7 Å². The smallest absolute Gasteiger partial charge is 0.201 e. The second-order valence-electron chi connectivity index (χ2n) is 4.09. The van der Waals surface area contributed by atoms with Crippen molar-refractivity contribution < 1.29 is 13.5 Å². The van der Waals surface area contributed by atoms with Crippen LogP contribution in [0.15, 0.2) is 12.1 Å². The molecule has 0 aliphatic heterocycles. The van der Waals surface area contributed by atoms with Gasteiger partial charge >= 0.3 is 0 Å². The summed E-state index contributed by atoms with van der Waals surface area (Å²) in [5.74, 6) is -1.95. The van der Waals surface area contributed by atoms with Crippen LogP contribution < -0.4 is 4.74 Å². The zero-order valence-electron chi connectivity index (χ0n) is 10.3. The van der Waals surface area contributed by atoms with Crippen molar-refractivity contribution in [2.75, 3.05) is 6.61 Å². The van der Waals surface area contributed by atoms with E-state index in [2.05, 4.69) is 13.0 Å². The minimum atomic E-state index is -0.981. The molecule has 0 spiro atoms. The van der Waals surface area contributed by atoms with Crippen molar-refractivity contribution in [2.24, 2.45) is 0 Å². The summed E-state index contributed by atoms with van der Waals surface area (Å²) in [4.78, 5) is 0. The van der Waals surface area contributed by atoms with Crippen molar-refractivity contribution in [3.05, 3.63) is 29.8 Å². The van der Waals surface area contributed by atoms with Crippen LogP contribution in [-0.4, -0.2) is 6.61 Å². The highest BCUT2D eigenvalue weighted by Crippen LogP contribution is 2.19. The maximum Gasteiger partial charge on any atom is 0.201 e. The molecule has 0 saturated carbocycles. The fraction of sp³-hybridized carbons (Fsp3) is 0.571. The van der Waals surface area contributed by atoms with Gasteiger partial charge in [-0.25, -0.2) is 4.39 Å². The zero-order chi connectivity index (χ0) is 12.5. The molecule has 95 valence electrons. The summed E-state index contributed by atoms with van der Waals surface area (Å²) in [6.07, 6.45) is 6.85. The molecule has 1 radical (unpaired) electrons. The van der Waals surface area contributed by atoms with Gasteiger partial charge in [-0.2, -0.15) is 4.39 Å². The normalized spacial score (nSPS) is 10.5. The van der Waals surface area contributed by atoms with Crippen LogP contribution in [0.1, 0.15) is 45.4 Å². The van der Waals surface area contributed by atoms with E-state index in [1.54, 1.807) is 0 Å². The summed E-state index contributed by atoms with van der Waals surface area (Å²) in [5.41, 5.74) is 0. The standard InChI is InChI=1S/C14H19F2O/c1-2-3-4-5-6-7-11-17-13-10-8-9-12(15)14(13)16/h8,10H,2-7,11H2,1H3. The van der Waals surface area contributed by atoms with Crippen LogP contribution in [-0.2, 0) is 0 Å². The van der Waals surface area contributed by atoms with Crippen LogP contribution in [0.2, 0.25) is 0 Å². The molecule has 0 fully saturated rings. The van der Waals surface area contributed by atoms with Crippen molar-refractivity contribution in [1.29, 1.82) is 0 Å². The van der Waals surface area contributed by atoms with E-state index in [0.29, 0.717) is 6.61 Å². The van der Waals surface area contributed by atoms with Gasteiger partial charge in [0.1, 0.15) is 0 Å². The Kier molecular flexibility index (Phi) is 6.60. The Morgan fingerprint density at radius 3 is 2.59 bits per heavy atom. The fourth-order valence-corrected chi connectivity index (χ4v) is 1.61. The molecule has 1 nitrogen and oxygen atoms in total. The molecule has 1 aromatic carbocycles.